The lowest BCUT2D eigenvalue weighted by Gasteiger charge is -2.18. The summed E-state index contributed by atoms with van der Waals surface area (Å²) in [6, 6.07) is 5.91. The second kappa shape index (κ2) is 6.71. The van der Waals surface area contributed by atoms with Crippen molar-refractivity contribution in [2.75, 3.05) is 6.54 Å². The Morgan fingerprint density at radius 3 is 2.74 bits per heavy atom. The van der Waals surface area contributed by atoms with E-state index in [1.807, 2.05) is 24.6 Å². The van der Waals surface area contributed by atoms with E-state index in [2.05, 4.69) is 17.2 Å². The number of hydrogen-bond donors (Lipinski definition) is 1. The predicted octanol–water partition coefficient (Wildman–Crippen LogP) is 4.65. The minimum absolute atomic E-state index is 0.246. The zero-order valence-corrected chi connectivity index (χ0v) is 13.2. The van der Waals surface area contributed by atoms with Crippen molar-refractivity contribution in [3.05, 3.63) is 49.9 Å². The lowest BCUT2D eigenvalue weighted by Crippen LogP contribution is -2.23. The molecule has 0 saturated carbocycles. The Hall–Kier alpha value is -0.610. The summed E-state index contributed by atoms with van der Waals surface area (Å²) in [7, 11) is 0. The van der Waals surface area contributed by atoms with Gasteiger partial charge in [-0.05, 0) is 37.6 Å². The first-order valence-electron chi connectivity index (χ1n) is 6.19. The maximum atomic E-state index is 6.25. The van der Waals surface area contributed by atoms with Gasteiger partial charge in [0.05, 0.1) is 11.2 Å². The van der Waals surface area contributed by atoms with Crippen LogP contribution in [0.5, 0.6) is 0 Å². The van der Waals surface area contributed by atoms with E-state index in [1.54, 1.807) is 17.4 Å². The van der Waals surface area contributed by atoms with Crippen LogP contribution in [-0.4, -0.2) is 11.5 Å². The zero-order valence-electron chi connectivity index (χ0n) is 10.9. The summed E-state index contributed by atoms with van der Waals surface area (Å²) in [5.41, 5.74) is 4.07. The van der Waals surface area contributed by atoms with Crippen LogP contribution in [0.2, 0.25) is 10.0 Å². The lowest BCUT2D eigenvalue weighted by atomic mass is 10.0. The third-order valence-corrected chi connectivity index (χ3v) is 4.62. The maximum Gasteiger partial charge on any atom is 0.0798 e. The minimum atomic E-state index is 0.246. The Kier molecular flexibility index (Phi) is 5.22. The predicted molar refractivity (Wildman–Crippen MR) is 83.4 cm³/mol. The number of benzene rings is 1. The molecule has 0 spiro atoms. The highest BCUT2D eigenvalue weighted by atomic mass is 35.5. The molecule has 0 saturated heterocycles. The molecule has 1 unspecified atom stereocenters. The number of halogens is 2. The maximum absolute atomic E-state index is 6.25. The molecule has 102 valence electrons. The van der Waals surface area contributed by atoms with Gasteiger partial charge in [-0.25, -0.2) is 4.98 Å². The fourth-order valence-electron chi connectivity index (χ4n) is 2.06. The quantitative estimate of drug-likeness (QED) is 0.868. The molecule has 2 rings (SSSR count). The number of nitrogens with zero attached hydrogens (tertiary/aromatic N) is 1. The topological polar surface area (TPSA) is 24.9 Å². The molecule has 0 fully saturated rings. The molecule has 19 heavy (non-hydrogen) atoms. The summed E-state index contributed by atoms with van der Waals surface area (Å²) < 4.78 is 0. The Morgan fingerprint density at radius 2 is 2.16 bits per heavy atom. The summed E-state index contributed by atoms with van der Waals surface area (Å²) in [6.45, 7) is 5.06. The van der Waals surface area contributed by atoms with Gasteiger partial charge < -0.3 is 5.32 Å². The molecule has 1 aromatic heterocycles. The fourth-order valence-corrected chi connectivity index (χ4v) is 3.42. The first-order valence-corrected chi connectivity index (χ1v) is 7.82. The average Bonchev–Trinajstić information content (AvgIpc) is 2.78. The van der Waals surface area contributed by atoms with Crippen LogP contribution in [0, 0.1) is 6.92 Å². The molecule has 1 N–H and O–H groups in total. The van der Waals surface area contributed by atoms with Crippen LogP contribution in [0.4, 0.5) is 0 Å². The van der Waals surface area contributed by atoms with Gasteiger partial charge in [-0.3, -0.25) is 0 Å². The van der Waals surface area contributed by atoms with E-state index in [9.17, 15) is 0 Å². The number of thiazole rings is 1. The first-order chi connectivity index (χ1) is 9.11. The monoisotopic (exact) mass is 314 g/mol. The van der Waals surface area contributed by atoms with Crippen molar-refractivity contribution in [2.45, 2.75) is 26.3 Å². The number of aromatic nitrogens is 1. The van der Waals surface area contributed by atoms with Crippen LogP contribution in [0.25, 0.3) is 0 Å². The molecule has 0 aliphatic rings. The molecule has 0 bridgehead atoms. The number of rotatable bonds is 5. The SMILES string of the molecule is CCNC(Cc1ccc(Cl)cc1Cl)c1scnc1C. The first kappa shape index (κ1) is 14.8. The smallest absolute Gasteiger partial charge is 0.0798 e. The number of nitrogens with one attached hydrogen (secondary N) is 1. The molecule has 0 aliphatic carbocycles. The number of likely N-dealkylation sites (N-methyl/N-ethyl adjacent to an activating group) is 1. The zero-order chi connectivity index (χ0) is 13.8. The van der Waals surface area contributed by atoms with Crippen molar-refractivity contribution in [2.24, 2.45) is 0 Å². The van der Waals surface area contributed by atoms with Crippen molar-refractivity contribution >= 4 is 34.5 Å². The summed E-state index contributed by atoms with van der Waals surface area (Å²) in [5.74, 6) is 0. The Morgan fingerprint density at radius 1 is 1.37 bits per heavy atom. The highest BCUT2D eigenvalue weighted by Gasteiger charge is 2.17. The van der Waals surface area contributed by atoms with E-state index in [1.165, 1.54) is 4.88 Å². The molecule has 0 aliphatic heterocycles. The molecule has 2 aromatic rings. The van der Waals surface area contributed by atoms with E-state index in [-0.39, 0.29) is 6.04 Å². The van der Waals surface area contributed by atoms with Crippen LogP contribution in [-0.2, 0) is 6.42 Å². The lowest BCUT2D eigenvalue weighted by molar-refractivity contribution is 0.555. The van der Waals surface area contributed by atoms with Gasteiger partial charge in [0.2, 0.25) is 0 Å². The Balaban J connectivity index is 2.24. The fraction of sp³-hybridized carbons (Fsp3) is 0.357. The largest absolute Gasteiger partial charge is 0.309 e. The van der Waals surface area contributed by atoms with Crippen LogP contribution < -0.4 is 5.32 Å². The van der Waals surface area contributed by atoms with Crippen molar-refractivity contribution in [3.63, 3.8) is 0 Å². The highest BCUT2D eigenvalue weighted by Crippen LogP contribution is 2.29. The second-order valence-corrected chi connectivity index (χ2v) is 6.08. The van der Waals surface area contributed by atoms with Gasteiger partial charge in [0.25, 0.3) is 0 Å². The van der Waals surface area contributed by atoms with Crippen molar-refractivity contribution in [1.82, 2.24) is 10.3 Å². The molecule has 1 aromatic carbocycles. The van der Waals surface area contributed by atoms with E-state index in [0.717, 1.165) is 29.2 Å². The van der Waals surface area contributed by atoms with E-state index >= 15 is 0 Å². The van der Waals surface area contributed by atoms with E-state index in [4.69, 9.17) is 23.2 Å². The standard InChI is InChI=1S/C14H16Cl2N2S/c1-3-17-13(14-9(2)18-8-19-14)6-10-4-5-11(15)7-12(10)16/h4-5,7-8,13,17H,3,6H2,1-2H3. The normalized spacial score (nSPS) is 12.6. The summed E-state index contributed by atoms with van der Waals surface area (Å²) in [6.07, 6.45) is 0.840. The van der Waals surface area contributed by atoms with Gasteiger partial charge in [0.1, 0.15) is 0 Å². The van der Waals surface area contributed by atoms with Crippen LogP contribution >= 0.6 is 34.5 Å². The van der Waals surface area contributed by atoms with Crippen molar-refractivity contribution in [1.29, 1.82) is 0 Å². The van der Waals surface area contributed by atoms with Crippen molar-refractivity contribution < 1.29 is 0 Å². The highest BCUT2D eigenvalue weighted by molar-refractivity contribution is 7.09. The van der Waals surface area contributed by atoms with Gasteiger partial charge in [0.15, 0.2) is 0 Å². The van der Waals surface area contributed by atoms with Gasteiger partial charge in [-0.15, -0.1) is 11.3 Å². The van der Waals surface area contributed by atoms with Crippen LogP contribution in [0.1, 0.15) is 29.1 Å². The third kappa shape index (κ3) is 3.69. The molecule has 1 heterocycles. The molecular weight excluding hydrogens is 299 g/mol. The minimum Gasteiger partial charge on any atom is -0.309 e. The summed E-state index contributed by atoms with van der Waals surface area (Å²) >= 11 is 13.9. The average molecular weight is 315 g/mol. The summed E-state index contributed by atoms with van der Waals surface area (Å²) in [5, 5.41) is 4.88. The van der Waals surface area contributed by atoms with Crippen LogP contribution in [0.3, 0.4) is 0 Å². The van der Waals surface area contributed by atoms with E-state index < -0.39 is 0 Å². The molecule has 5 heteroatoms. The molecular formula is C14H16Cl2N2S. The molecule has 0 amide bonds. The number of hydrogen-bond acceptors (Lipinski definition) is 3. The second-order valence-electron chi connectivity index (χ2n) is 4.35. The van der Waals surface area contributed by atoms with Gasteiger partial charge in [0, 0.05) is 21.0 Å². The van der Waals surface area contributed by atoms with Gasteiger partial charge in [-0.2, -0.15) is 0 Å². The third-order valence-electron chi connectivity index (χ3n) is 2.99. The molecule has 0 radical (unpaired) electrons. The molecule has 1 atom stereocenters. The van der Waals surface area contributed by atoms with Gasteiger partial charge in [-0.1, -0.05) is 36.2 Å². The van der Waals surface area contributed by atoms with E-state index in [0.29, 0.717) is 5.02 Å². The van der Waals surface area contributed by atoms with Crippen molar-refractivity contribution in [3.8, 4) is 0 Å². The summed E-state index contributed by atoms with van der Waals surface area (Å²) in [4.78, 5) is 5.59. The number of aryl methyl sites for hydroxylation is 1. The van der Waals surface area contributed by atoms with Gasteiger partial charge >= 0.3 is 0 Å². The molecule has 2 nitrogen and oxygen atoms in total. The van der Waals surface area contributed by atoms with Crippen LogP contribution in [0.15, 0.2) is 23.7 Å². The Labute approximate surface area is 127 Å². The Bertz CT molecular complexity index is 554.